The Bertz CT molecular complexity index is 1160. The molecule has 264 valence electrons. The van der Waals surface area contributed by atoms with Crippen molar-refractivity contribution in [1.82, 2.24) is 0 Å². The number of hydrogen-bond donors (Lipinski definition) is 0. The Morgan fingerprint density at radius 2 is 1.38 bits per heavy atom. The van der Waals surface area contributed by atoms with E-state index < -0.39 is 16.6 Å². The summed E-state index contributed by atoms with van der Waals surface area (Å²) in [4.78, 5) is 0. The summed E-state index contributed by atoms with van der Waals surface area (Å²) in [5.41, 5.74) is 1.32. The molecule has 0 saturated carbocycles. The van der Waals surface area contributed by atoms with Gasteiger partial charge in [-0.1, -0.05) is 135 Å². The molecule has 1 aliphatic heterocycles. The fraction of sp³-hybridized carbons (Fsp3) is 0.659. The maximum atomic E-state index is 7.60. The minimum absolute atomic E-state index is 0.0511. The molecule has 0 N–H and O–H groups in total. The van der Waals surface area contributed by atoms with Gasteiger partial charge >= 0.3 is 0 Å². The van der Waals surface area contributed by atoms with E-state index in [0.717, 1.165) is 58.0 Å². The topological polar surface area (TPSA) is 36.9 Å². The minimum Gasteiger partial charge on any atom is -0.417 e. The van der Waals surface area contributed by atoms with E-state index in [1.165, 1.54) is 15.9 Å². The summed E-state index contributed by atoms with van der Waals surface area (Å²) in [5.74, 6) is 0.468. The van der Waals surface area contributed by atoms with Crippen LogP contribution in [0.1, 0.15) is 107 Å². The van der Waals surface area contributed by atoms with Crippen LogP contribution in [-0.2, 0) is 18.3 Å². The second-order valence-electron chi connectivity index (χ2n) is 16.8. The summed E-state index contributed by atoms with van der Waals surface area (Å²) in [6.07, 6.45) is 8.49. The fourth-order valence-electron chi connectivity index (χ4n) is 7.13. The van der Waals surface area contributed by atoms with Crippen molar-refractivity contribution in [1.29, 1.82) is 0 Å². The monoisotopic (exact) mass is 680 g/mol. The molecule has 4 nitrogen and oxygen atoms in total. The Labute approximate surface area is 291 Å². The molecule has 0 spiro atoms. The van der Waals surface area contributed by atoms with Crippen LogP contribution in [0.4, 0.5) is 0 Å². The first kappa shape index (κ1) is 39.9. The van der Waals surface area contributed by atoms with E-state index in [1.54, 1.807) is 0 Å². The van der Waals surface area contributed by atoms with Crippen molar-refractivity contribution in [3.05, 3.63) is 72.8 Å². The SMILES string of the molecule is C=C1C[C@H](CCO[Si](C)(C)C(C)(C)C)O[C@H](C[C@@H](C)C[C@@H](C[C@H](CCC)O[Si](c2ccccc2)(c2ccccc2)C(C)(C)C)OC)C1. The highest BCUT2D eigenvalue weighted by atomic mass is 28.4. The smallest absolute Gasteiger partial charge is 0.261 e. The van der Waals surface area contributed by atoms with Gasteiger partial charge in [0.1, 0.15) is 0 Å². The predicted molar refractivity (Wildman–Crippen MR) is 206 cm³/mol. The first-order valence-electron chi connectivity index (χ1n) is 18.3. The van der Waals surface area contributed by atoms with Gasteiger partial charge in [0.2, 0.25) is 0 Å². The van der Waals surface area contributed by atoms with E-state index in [9.17, 15) is 0 Å². The van der Waals surface area contributed by atoms with Gasteiger partial charge < -0.3 is 18.3 Å². The van der Waals surface area contributed by atoms with Gasteiger partial charge in [-0.2, -0.15) is 0 Å². The Kier molecular flexibility index (Phi) is 14.8. The molecule has 0 unspecified atom stereocenters. The lowest BCUT2D eigenvalue weighted by Gasteiger charge is -2.45. The zero-order valence-electron chi connectivity index (χ0n) is 31.9. The van der Waals surface area contributed by atoms with Gasteiger partial charge in [-0.05, 0) is 84.4 Å². The minimum atomic E-state index is -2.65. The first-order chi connectivity index (χ1) is 22.0. The molecule has 2 aromatic carbocycles. The number of ether oxygens (including phenoxy) is 2. The highest BCUT2D eigenvalue weighted by Gasteiger charge is 2.51. The third-order valence-electron chi connectivity index (χ3n) is 10.7. The van der Waals surface area contributed by atoms with Crippen LogP contribution in [0.15, 0.2) is 72.8 Å². The molecule has 0 radical (unpaired) electrons. The van der Waals surface area contributed by atoms with Crippen LogP contribution in [0.5, 0.6) is 0 Å². The van der Waals surface area contributed by atoms with Crippen molar-refractivity contribution < 1.29 is 18.3 Å². The Hall–Kier alpha value is -1.55. The van der Waals surface area contributed by atoms with Crippen LogP contribution in [0, 0.1) is 5.92 Å². The number of benzene rings is 2. The van der Waals surface area contributed by atoms with E-state index in [2.05, 4.69) is 136 Å². The van der Waals surface area contributed by atoms with Gasteiger partial charge in [-0.25, -0.2) is 0 Å². The van der Waals surface area contributed by atoms with Crippen molar-refractivity contribution in [3.63, 3.8) is 0 Å². The zero-order chi connectivity index (χ0) is 34.9. The van der Waals surface area contributed by atoms with E-state index in [4.69, 9.17) is 18.3 Å². The van der Waals surface area contributed by atoms with E-state index in [0.29, 0.717) is 5.92 Å². The lowest BCUT2D eigenvalue weighted by molar-refractivity contribution is -0.0529. The van der Waals surface area contributed by atoms with Crippen LogP contribution in [-0.4, -0.2) is 54.8 Å². The molecule has 1 saturated heterocycles. The number of rotatable bonds is 17. The van der Waals surface area contributed by atoms with Crippen LogP contribution >= 0.6 is 0 Å². The standard InChI is InChI=1S/C41H68O4Si2/c1-13-20-35(45-47(41(7,8)9,38-21-16-14-17-22-38)39-23-18-15-19-24-39)31-36(42-10)28-33(3)30-37-29-32(2)27-34(44-37)25-26-43-46(11,12)40(4,5)6/h14-19,21-24,33-37H,2,13,20,25-31H2,1,3-12H3/t33-,34-,35-,36-,37-/m0/s1. The maximum Gasteiger partial charge on any atom is 0.261 e. The van der Waals surface area contributed by atoms with Crippen molar-refractivity contribution in [2.24, 2.45) is 5.92 Å². The highest BCUT2D eigenvalue weighted by molar-refractivity contribution is 6.99. The largest absolute Gasteiger partial charge is 0.417 e. The number of hydrogen-bond acceptors (Lipinski definition) is 4. The lowest BCUT2D eigenvalue weighted by Crippen LogP contribution is -2.67. The normalized spacial score (nSPS) is 20.2. The van der Waals surface area contributed by atoms with Crippen LogP contribution in [0.25, 0.3) is 0 Å². The van der Waals surface area contributed by atoms with Gasteiger partial charge in [0.25, 0.3) is 8.32 Å². The van der Waals surface area contributed by atoms with Crippen LogP contribution < -0.4 is 10.4 Å². The molecule has 0 aromatic heterocycles. The molecule has 3 rings (SSSR count). The molecule has 0 bridgehead atoms. The molecule has 2 aromatic rings. The van der Waals surface area contributed by atoms with Gasteiger partial charge in [-0.15, -0.1) is 0 Å². The zero-order valence-corrected chi connectivity index (χ0v) is 33.9. The first-order valence-corrected chi connectivity index (χ1v) is 23.1. The second kappa shape index (κ2) is 17.4. The van der Waals surface area contributed by atoms with Crippen molar-refractivity contribution >= 4 is 27.0 Å². The summed E-state index contributed by atoms with van der Waals surface area (Å²) in [6.45, 7) is 28.5. The van der Waals surface area contributed by atoms with Gasteiger partial charge in [-0.3, -0.25) is 0 Å². The molecule has 5 atom stereocenters. The molecular weight excluding hydrogens is 613 g/mol. The predicted octanol–water partition coefficient (Wildman–Crippen LogP) is 10.1. The van der Waals surface area contributed by atoms with Gasteiger partial charge in [0.15, 0.2) is 8.32 Å². The summed E-state index contributed by atoms with van der Waals surface area (Å²) in [5, 5.41) is 2.84. The fourth-order valence-corrected chi connectivity index (χ4v) is 12.9. The molecule has 6 heteroatoms. The molecule has 1 heterocycles. The van der Waals surface area contributed by atoms with Crippen molar-refractivity contribution in [2.45, 2.75) is 154 Å². The third kappa shape index (κ3) is 11.0. The average Bonchev–Trinajstić information content (AvgIpc) is 2.98. The van der Waals surface area contributed by atoms with E-state index in [1.807, 2.05) is 7.11 Å². The van der Waals surface area contributed by atoms with Crippen LogP contribution in [0.3, 0.4) is 0 Å². The third-order valence-corrected chi connectivity index (χ3v) is 20.3. The summed E-state index contributed by atoms with van der Waals surface area (Å²) in [6, 6.07) is 22.0. The Balaban J connectivity index is 1.70. The summed E-state index contributed by atoms with van der Waals surface area (Å²) >= 11 is 0. The summed E-state index contributed by atoms with van der Waals surface area (Å²) in [7, 11) is -2.53. The Morgan fingerprint density at radius 1 is 0.830 bits per heavy atom. The van der Waals surface area contributed by atoms with Crippen molar-refractivity contribution in [3.8, 4) is 0 Å². The van der Waals surface area contributed by atoms with Gasteiger partial charge in [0.05, 0.1) is 18.3 Å². The average molecular weight is 681 g/mol. The van der Waals surface area contributed by atoms with E-state index in [-0.39, 0.29) is 34.5 Å². The second-order valence-corrected chi connectivity index (χ2v) is 25.9. The Morgan fingerprint density at radius 3 is 1.87 bits per heavy atom. The quantitative estimate of drug-likeness (QED) is 0.123. The molecule has 1 aliphatic rings. The van der Waals surface area contributed by atoms with Crippen LogP contribution in [0.2, 0.25) is 23.2 Å². The van der Waals surface area contributed by atoms with E-state index >= 15 is 0 Å². The molecule has 1 fully saturated rings. The molecule has 0 aliphatic carbocycles. The highest BCUT2D eigenvalue weighted by Crippen LogP contribution is 2.40. The number of methoxy groups -OCH3 is 1. The molecule has 47 heavy (non-hydrogen) atoms. The summed E-state index contributed by atoms with van der Waals surface area (Å²) < 4.78 is 27.0. The van der Waals surface area contributed by atoms with Gasteiger partial charge in [0, 0.05) is 19.8 Å². The lowest BCUT2D eigenvalue weighted by atomic mass is 9.89. The molecular formula is C41H68O4Si2. The maximum absolute atomic E-state index is 7.60. The molecule has 0 amide bonds. The van der Waals surface area contributed by atoms with Crippen molar-refractivity contribution in [2.75, 3.05) is 13.7 Å².